The largest absolute Gasteiger partial charge is 0.508 e. The Hall–Kier alpha value is -5.47. The van der Waals surface area contributed by atoms with Gasteiger partial charge < -0.3 is 54.4 Å². The molecule has 2 heterocycles. The molecule has 4 aromatic rings. The van der Waals surface area contributed by atoms with Gasteiger partial charge in [-0.05, 0) is 43.3 Å². The number of carbonyl (C=O) groups is 2. The highest BCUT2D eigenvalue weighted by molar-refractivity contribution is 5.93. The Balaban J connectivity index is 1.61. The van der Waals surface area contributed by atoms with Crippen molar-refractivity contribution in [1.82, 2.24) is 0 Å². The molecule has 1 aliphatic rings. The summed E-state index contributed by atoms with van der Waals surface area (Å²) in [6, 6.07) is 8.74. The van der Waals surface area contributed by atoms with Crippen LogP contribution in [-0.2, 0) is 14.3 Å². The first-order valence-corrected chi connectivity index (χ1v) is 12.2. The van der Waals surface area contributed by atoms with Gasteiger partial charge in [0.2, 0.25) is 17.5 Å². The SMILES string of the molecule is C[C@@H]1O[C@@H](Oc2c(-c3ccc(O)cc3)oc3cc(O)cc(O)c3c2=O)[C@H](OC(=O)c2cc(O)c(O)c(O)c2)[C@H](O)C1=O. The van der Waals surface area contributed by atoms with Crippen LogP contribution in [0.1, 0.15) is 17.3 Å². The second-order valence-electron chi connectivity index (χ2n) is 9.32. The number of ketones is 1. The lowest BCUT2D eigenvalue weighted by molar-refractivity contribution is -0.223. The van der Waals surface area contributed by atoms with Crippen LogP contribution in [0.3, 0.4) is 0 Å². The summed E-state index contributed by atoms with van der Waals surface area (Å²) in [6.45, 7) is 1.27. The predicted octanol–water partition coefficient (Wildman–Crippen LogP) is 1.97. The van der Waals surface area contributed by atoms with Gasteiger partial charge in [0, 0.05) is 17.7 Å². The summed E-state index contributed by atoms with van der Waals surface area (Å²) < 4.78 is 22.4. The molecule has 0 bridgehead atoms. The molecule has 0 amide bonds. The molecule has 1 saturated heterocycles. The molecular formula is C28H22O14. The second-order valence-corrected chi connectivity index (χ2v) is 9.32. The summed E-state index contributed by atoms with van der Waals surface area (Å²) >= 11 is 0. The van der Waals surface area contributed by atoms with E-state index in [4.69, 9.17) is 18.6 Å². The molecule has 3 aromatic carbocycles. The average molecular weight is 582 g/mol. The van der Waals surface area contributed by atoms with E-state index in [9.17, 15) is 50.1 Å². The standard InChI is InChI=1S/C28H22O14/c1-10-20(34)23(37)26(41-27(38)12-6-16(32)21(35)17(33)7-12)28(39-10)42-25-22(36)19-15(31)8-14(30)9-18(19)40-24(25)11-2-4-13(29)5-3-11/h2-10,23,26,28-33,35,37H,1H3/t10-,23+,26+,28-/m0/s1. The Bertz CT molecular complexity index is 1750. The summed E-state index contributed by atoms with van der Waals surface area (Å²) in [5.74, 6) is -6.92. The van der Waals surface area contributed by atoms with Crippen molar-refractivity contribution in [3.05, 3.63) is 64.3 Å². The Kier molecular flexibility index (Phi) is 7.02. The zero-order valence-electron chi connectivity index (χ0n) is 21.4. The molecule has 0 saturated carbocycles. The third-order valence-corrected chi connectivity index (χ3v) is 6.44. The first-order chi connectivity index (χ1) is 19.8. The van der Waals surface area contributed by atoms with Crippen LogP contribution in [0.2, 0.25) is 0 Å². The van der Waals surface area contributed by atoms with Crippen molar-refractivity contribution in [3.8, 4) is 51.6 Å². The molecule has 5 rings (SSSR count). The highest BCUT2D eigenvalue weighted by Gasteiger charge is 2.47. The van der Waals surface area contributed by atoms with Gasteiger partial charge in [0.15, 0.2) is 41.0 Å². The molecule has 14 heteroatoms. The Morgan fingerprint density at radius 2 is 1.50 bits per heavy atom. The van der Waals surface area contributed by atoms with Gasteiger partial charge in [-0.2, -0.15) is 0 Å². The van der Waals surface area contributed by atoms with Crippen LogP contribution >= 0.6 is 0 Å². The van der Waals surface area contributed by atoms with E-state index in [0.717, 1.165) is 24.3 Å². The van der Waals surface area contributed by atoms with Gasteiger partial charge in [0.25, 0.3) is 0 Å². The van der Waals surface area contributed by atoms with E-state index in [2.05, 4.69) is 0 Å². The monoisotopic (exact) mass is 582 g/mol. The smallest absolute Gasteiger partial charge is 0.339 e. The van der Waals surface area contributed by atoms with Gasteiger partial charge in [0.1, 0.15) is 34.3 Å². The molecule has 42 heavy (non-hydrogen) atoms. The fraction of sp³-hybridized carbons (Fsp3) is 0.179. The van der Waals surface area contributed by atoms with Crippen molar-refractivity contribution < 1.29 is 64.0 Å². The second kappa shape index (κ2) is 10.5. The van der Waals surface area contributed by atoms with Crippen LogP contribution in [0.4, 0.5) is 0 Å². The molecule has 218 valence electrons. The number of aliphatic hydroxyl groups excluding tert-OH is 1. The molecule has 4 atom stereocenters. The molecule has 1 aromatic heterocycles. The third-order valence-electron chi connectivity index (χ3n) is 6.44. The van der Waals surface area contributed by atoms with Crippen LogP contribution in [0.25, 0.3) is 22.3 Å². The fourth-order valence-corrected chi connectivity index (χ4v) is 4.32. The molecule has 14 nitrogen and oxygen atoms in total. The number of benzene rings is 3. The van der Waals surface area contributed by atoms with Gasteiger partial charge in [-0.15, -0.1) is 0 Å². The van der Waals surface area contributed by atoms with E-state index in [1.54, 1.807) is 0 Å². The van der Waals surface area contributed by atoms with E-state index in [-0.39, 0.29) is 22.7 Å². The number of Topliss-reactive ketones (excluding diaryl/α,β-unsaturated/α-hetero) is 1. The van der Waals surface area contributed by atoms with Crippen LogP contribution in [-0.4, -0.2) is 72.1 Å². The fourth-order valence-electron chi connectivity index (χ4n) is 4.32. The van der Waals surface area contributed by atoms with Gasteiger partial charge in [-0.3, -0.25) is 9.59 Å². The number of esters is 1. The first-order valence-electron chi connectivity index (χ1n) is 12.2. The lowest BCUT2D eigenvalue weighted by atomic mass is 10.0. The van der Waals surface area contributed by atoms with E-state index < -0.39 is 87.2 Å². The number of phenols is 6. The van der Waals surface area contributed by atoms with Crippen LogP contribution in [0.15, 0.2) is 57.7 Å². The zero-order valence-corrected chi connectivity index (χ0v) is 21.4. The highest BCUT2D eigenvalue weighted by Crippen LogP contribution is 2.38. The van der Waals surface area contributed by atoms with Crippen LogP contribution in [0, 0.1) is 0 Å². The van der Waals surface area contributed by atoms with Crippen molar-refractivity contribution in [2.75, 3.05) is 0 Å². The van der Waals surface area contributed by atoms with Crippen molar-refractivity contribution in [1.29, 1.82) is 0 Å². The van der Waals surface area contributed by atoms with Crippen molar-refractivity contribution in [3.63, 3.8) is 0 Å². The Morgan fingerprint density at radius 3 is 2.14 bits per heavy atom. The summed E-state index contributed by atoms with van der Waals surface area (Å²) in [7, 11) is 0. The maximum absolute atomic E-state index is 13.6. The number of hydrogen-bond donors (Lipinski definition) is 7. The van der Waals surface area contributed by atoms with E-state index >= 15 is 0 Å². The summed E-state index contributed by atoms with van der Waals surface area (Å²) in [5, 5.41) is 69.4. The minimum Gasteiger partial charge on any atom is -0.508 e. The number of hydrogen-bond acceptors (Lipinski definition) is 14. The number of ether oxygens (including phenoxy) is 3. The molecule has 0 radical (unpaired) electrons. The van der Waals surface area contributed by atoms with Gasteiger partial charge in [-0.1, -0.05) is 0 Å². The van der Waals surface area contributed by atoms with E-state index in [1.165, 1.54) is 31.2 Å². The van der Waals surface area contributed by atoms with Gasteiger partial charge >= 0.3 is 5.97 Å². The maximum atomic E-state index is 13.6. The average Bonchev–Trinajstić information content (AvgIpc) is 2.93. The number of fused-ring (bicyclic) bond motifs is 1. The van der Waals surface area contributed by atoms with E-state index in [1.807, 2.05) is 0 Å². The number of rotatable bonds is 5. The molecular weight excluding hydrogens is 560 g/mol. The molecule has 1 fully saturated rings. The summed E-state index contributed by atoms with van der Waals surface area (Å²) in [4.78, 5) is 39.1. The van der Waals surface area contributed by atoms with Crippen LogP contribution in [0.5, 0.6) is 40.2 Å². The van der Waals surface area contributed by atoms with Gasteiger partial charge in [-0.25, -0.2) is 4.79 Å². The van der Waals surface area contributed by atoms with Crippen molar-refractivity contribution >= 4 is 22.7 Å². The molecule has 1 aliphatic heterocycles. The molecule has 0 spiro atoms. The lowest BCUT2D eigenvalue weighted by Gasteiger charge is -2.36. The number of phenolic OH excluding ortho intramolecular Hbond substituents is 6. The third kappa shape index (κ3) is 4.95. The Morgan fingerprint density at radius 1 is 0.857 bits per heavy atom. The lowest BCUT2D eigenvalue weighted by Crippen LogP contribution is -2.58. The van der Waals surface area contributed by atoms with Crippen molar-refractivity contribution in [2.45, 2.75) is 31.5 Å². The number of carbonyl (C=O) groups excluding carboxylic acids is 2. The summed E-state index contributed by atoms with van der Waals surface area (Å²) in [6.07, 6.45) is -7.10. The van der Waals surface area contributed by atoms with Crippen LogP contribution < -0.4 is 10.2 Å². The Labute approximate surface area is 234 Å². The normalized spacial score (nSPS) is 20.4. The highest BCUT2D eigenvalue weighted by atomic mass is 16.7. The minimum absolute atomic E-state index is 0.121. The molecule has 7 N–H and O–H groups in total. The zero-order chi connectivity index (χ0) is 30.5. The van der Waals surface area contributed by atoms with E-state index in [0.29, 0.717) is 0 Å². The number of aliphatic hydroxyl groups is 1. The molecule has 0 aliphatic carbocycles. The maximum Gasteiger partial charge on any atom is 0.339 e. The minimum atomic E-state index is -2.03. The quantitative estimate of drug-likeness (QED) is 0.132. The molecule has 0 unspecified atom stereocenters. The first kappa shape index (κ1) is 28.1. The summed E-state index contributed by atoms with van der Waals surface area (Å²) in [5.41, 5.74) is -1.53. The van der Waals surface area contributed by atoms with Gasteiger partial charge in [0.05, 0.1) is 5.56 Å². The number of aromatic hydroxyl groups is 6. The topological polar surface area (TPSA) is 234 Å². The van der Waals surface area contributed by atoms with Crippen molar-refractivity contribution in [2.24, 2.45) is 0 Å². The predicted molar refractivity (Wildman–Crippen MR) is 140 cm³/mol.